The zero-order valence-electron chi connectivity index (χ0n) is 18.0. The Morgan fingerprint density at radius 3 is 2.41 bits per heavy atom. The average Bonchev–Trinajstić information content (AvgIpc) is 3.42. The number of aliphatic hydroxyl groups excluding tert-OH is 1. The molecule has 1 atom stereocenters. The van der Waals surface area contributed by atoms with E-state index in [0.717, 1.165) is 0 Å². The molecule has 1 aliphatic heterocycles. The van der Waals surface area contributed by atoms with E-state index in [1.807, 2.05) is 0 Å². The van der Waals surface area contributed by atoms with Crippen LogP contribution in [0.2, 0.25) is 0 Å². The van der Waals surface area contributed by atoms with Crippen LogP contribution < -0.4 is 14.4 Å². The smallest absolute Gasteiger partial charge is 0.296 e. The molecule has 1 aliphatic rings. The van der Waals surface area contributed by atoms with Crippen LogP contribution >= 0.6 is 22.7 Å². The number of carbonyl (C=O) groups is 2. The summed E-state index contributed by atoms with van der Waals surface area (Å²) in [6.45, 7) is 5.27. The Labute approximate surface area is 192 Å². The number of aliphatic hydroxyl groups is 1. The minimum absolute atomic E-state index is 0.0684. The summed E-state index contributed by atoms with van der Waals surface area (Å²) in [6.07, 6.45) is 0. The van der Waals surface area contributed by atoms with Crippen LogP contribution in [0.25, 0.3) is 0 Å². The molecule has 9 nitrogen and oxygen atoms in total. The van der Waals surface area contributed by atoms with Gasteiger partial charge in [-0.2, -0.15) is 0 Å². The van der Waals surface area contributed by atoms with E-state index in [-0.39, 0.29) is 10.7 Å². The van der Waals surface area contributed by atoms with E-state index in [2.05, 4.69) is 15.2 Å². The van der Waals surface area contributed by atoms with E-state index < -0.39 is 23.5 Å². The lowest BCUT2D eigenvalue weighted by Crippen LogP contribution is -2.31. The molecule has 3 aromatic rings. The number of rotatable bonds is 6. The predicted molar refractivity (Wildman–Crippen MR) is 120 cm³/mol. The predicted octanol–water partition coefficient (Wildman–Crippen LogP) is 3.72. The number of methoxy groups -OCH3 is 2. The maximum atomic E-state index is 13.6. The van der Waals surface area contributed by atoms with Crippen LogP contribution in [-0.2, 0) is 4.79 Å². The van der Waals surface area contributed by atoms with Crippen LogP contribution in [0.5, 0.6) is 11.5 Å². The highest BCUT2D eigenvalue weighted by molar-refractivity contribution is 7.15. The van der Waals surface area contributed by atoms with E-state index in [9.17, 15) is 14.7 Å². The molecular formula is C21H20N4O5S2. The molecule has 1 aromatic carbocycles. The molecule has 2 aromatic heterocycles. The quantitative estimate of drug-likeness (QED) is 0.540. The highest BCUT2D eigenvalue weighted by Gasteiger charge is 2.47. The molecule has 0 radical (unpaired) electrons. The van der Waals surface area contributed by atoms with Crippen LogP contribution in [0.15, 0.2) is 29.5 Å². The largest absolute Gasteiger partial charge is 0.503 e. The Bertz CT molecular complexity index is 1260. The van der Waals surface area contributed by atoms with Crippen molar-refractivity contribution >= 4 is 39.5 Å². The molecule has 4 rings (SSSR count). The van der Waals surface area contributed by atoms with Crippen molar-refractivity contribution in [2.24, 2.45) is 0 Å². The van der Waals surface area contributed by atoms with E-state index in [0.29, 0.717) is 37.6 Å². The van der Waals surface area contributed by atoms with Gasteiger partial charge in [-0.1, -0.05) is 11.3 Å². The lowest BCUT2D eigenvalue weighted by Gasteiger charge is -2.25. The summed E-state index contributed by atoms with van der Waals surface area (Å²) in [5.74, 6) is -0.921. The molecular weight excluding hydrogens is 452 g/mol. The number of Topliss-reactive ketones (excluding diaryl/α,β-unsaturated/α-hetero) is 1. The van der Waals surface area contributed by atoms with Gasteiger partial charge >= 0.3 is 0 Å². The van der Waals surface area contributed by atoms with Gasteiger partial charge in [-0.3, -0.25) is 14.5 Å². The Morgan fingerprint density at radius 2 is 1.84 bits per heavy atom. The molecule has 0 saturated carbocycles. The molecule has 11 heteroatoms. The van der Waals surface area contributed by atoms with Gasteiger partial charge in [0.25, 0.3) is 5.91 Å². The standard InChI is InChI=1S/C21H20N4O5S2/c1-9-19(31-10(2)22-9)17(26)15-16(13-8-12(29-4)6-7-14(13)30-5)25(20(28)18(15)27)21-24-23-11(3)32-21/h6-8,16,27H,1-5H3. The summed E-state index contributed by atoms with van der Waals surface area (Å²) >= 11 is 2.39. The van der Waals surface area contributed by atoms with E-state index in [4.69, 9.17) is 9.47 Å². The zero-order chi connectivity index (χ0) is 23.2. The summed E-state index contributed by atoms with van der Waals surface area (Å²) in [5, 5.41) is 20.6. The van der Waals surface area contributed by atoms with Gasteiger partial charge in [0.15, 0.2) is 5.76 Å². The SMILES string of the molecule is COc1ccc(OC)c(C2C(C(=O)c3sc(C)nc3C)=C(O)C(=O)N2c2nnc(C)s2)c1. The van der Waals surface area contributed by atoms with Crippen LogP contribution in [0.3, 0.4) is 0 Å². The lowest BCUT2D eigenvalue weighted by atomic mass is 9.94. The monoisotopic (exact) mass is 472 g/mol. The molecule has 0 spiro atoms. The zero-order valence-corrected chi connectivity index (χ0v) is 19.6. The number of carbonyl (C=O) groups excluding carboxylic acids is 2. The van der Waals surface area contributed by atoms with Crippen molar-refractivity contribution in [3.05, 3.63) is 55.7 Å². The number of benzene rings is 1. The molecule has 0 fully saturated rings. The topological polar surface area (TPSA) is 115 Å². The molecule has 0 bridgehead atoms. The number of ketones is 1. The first-order valence-corrected chi connectivity index (χ1v) is 11.2. The summed E-state index contributed by atoms with van der Waals surface area (Å²) in [4.78, 5) is 32.8. The number of anilines is 1. The van der Waals surface area contributed by atoms with Crippen molar-refractivity contribution < 1.29 is 24.2 Å². The highest BCUT2D eigenvalue weighted by atomic mass is 32.1. The van der Waals surface area contributed by atoms with Crippen molar-refractivity contribution in [1.82, 2.24) is 15.2 Å². The average molecular weight is 473 g/mol. The number of ether oxygens (including phenoxy) is 2. The van der Waals surface area contributed by atoms with E-state index >= 15 is 0 Å². The number of amides is 1. The number of aromatic nitrogens is 3. The second-order valence-corrected chi connectivity index (χ2v) is 9.39. The molecule has 32 heavy (non-hydrogen) atoms. The first-order chi connectivity index (χ1) is 15.3. The van der Waals surface area contributed by atoms with Crippen molar-refractivity contribution in [1.29, 1.82) is 0 Å². The molecule has 166 valence electrons. The van der Waals surface area contributed by atoms with E-state index in [1.54, 1.807) is 39.0 Å². The summed E-state index contributed by atoms with van der Waals surface area (Å²) in [6, 6.07) is 4.07. The third kappa shape index (κ3) is 3.53. The van der Waals surface area contributed by atoms with Gasteiger partial charge in [0.1, 0.15) is 22.5 Å². The minimum atomic E-state index is -0.991. The fraction of sp³-hybridized carbons (Fsp3) is 0.286. The third-order valence-corrected chi connectivity index (χ3v) is 6.93. The van der Waals surface area contributed by atoms with Crippen molar-refractivity contribution in [3.8, 4) is 11.5 Å². The maximum absolute atomic E-state index is 13.6. The molecule has 1 N–H and O–H groups in total. The van der Waals surface area contributed by atoms with Gasteiger partial charge in [-0.25, -0.2) is 4.98 Å². The Morgan fingerprint density at radius 1 is 1.09 bits per heavy atom. The van der Waals surface area contributed by atoms with Crippen molar-refractivity contribution in [2.75, 3.05) is 19.1 Å². The Hall–Kier alpha value is -3.31. The van der Waals surface area contributed by atoms with Crippen molar-refractivity contribution in [2.45, 2.75) is 26.8 Å². The maximum Gasteiger partial charge on any atom is 0.296 e. The van der Waals surface area contributed by atoms with Crippen LogP contribution in [0, 0.1) is 20.8 Å². The Kier molecular flexibility index (Phi) is 5.70. The number of hydrogen-bond donors (Lipinski definition) is 1. The van der Waals surface area contributed by atoms with Crippen LogP contribution in [-0.4, -0.2) is 46.2 Å². The van der Waals surface area contributed by atoms with Gasteiger partial charge in [-0.15, -0.1) is 21.5 Å². The fourth-order valence-corrected chi connectivity index (χ4v) is 5.22. The first-order valence-electron chi connectivity index (χ1n) is 9.54. The van der Waals surface area contributed by atoms with Gasteiger partial charge in [-0.05, 0) is 39.0 Å². The van der Waals surface area contributed by atoms with Gasteiger partial charge in [0.05, 0.1) is 35.4 Å². The normalized spacial score (nSPS) is 16.1. The molecule has 0 saturated heterocycles. The minimum Gasteiger partial charge on any atom is -0.503 e. The van der Waals surface area contributed by atoms with Gasteiger partial charge in [0, 0.05) is 5.56 Å². The van der Waals surface area contributed by atoms with Crippen LogP contribution in [0.1, 0.15) is 37.0 Å². The number of hydrogen-bond acceptors (Lipinski definition) is 10. The second-order valence-electron chi connectivity index (χ2n) is 7.03. The third-order valence-electron chi connectivity index (χ3n) is 5.02. The number of thiazole rings is 1. The van der Waals surface area contributed by atoms with Crippen molar-refractivity contribution in [3.63, 3.8) is 0 Å². The molecule has 0 aliphatic carbocycles. The summed E-state index contributed by atoms with van der Waals surface area (Å²) in [5.41, 5.74) is 0.937. The lowest BCUT2D eigenvalue weighted by molar-refractivity contribution is -0.117. The van der Waals surface area contributed by atoms with E-state index in [1.165, 1.54) is 41.8 Å². The summed E-state index contributed by atoms with van der Waals surface area (Å²) in [7, 11) is 3.00. The second kappa shape index (κ2) is 8.32. The molecule has 3 heterocycles. The molecule has 1 amide bonds. The first kappa shape index (κ1) is 21.9. The fourth-order valence-electron chi connectivity index (χ4n) is 3.63. The molecule has 1 unspecified atom stereocenters. The van der Waals surface area contributed by atoms with Gasteiger partial charge < -0.3 is 14.6 Å². The number of aryl methyl sites for hydroxylation is 3. The van der Waals surface area contributed by atoms with Crippen LogP contribution in [0.4, 0.5) is 5.13 Å². The number of nitrogens with zero attached hydrogens (tertiary/aromatic N) is 4. The Balaban J connectivity index is 1.96. The van der Waals surface area contributed by atoms with Gasteiger partial charge in [0.2, 0.25) is 10.9 Å². The summed E-state index contributed by atoms with van der Waals surface area (Å²) < 4.78 is 10.9. The highest BCUT2D eigenvalue weighted by Crippen LogP contribution is 2.46.